The lowest BCUT2D eigenvalue weighted by molar-refractivity contribution is 0.149. The molecule has 2 fully saturated rings. The molecule has 0 amide bonds. The largest absolute Gasteiger partial charge is 0.383 e. The van der Waals surface area contributed by atoms with Gasteiger partial charge in [-0.25, -0.2) is 44.9 Å². The maximum Gasteiger partial charge on any atom is 0.261 e. The normalized spacial score (nSPS) is 20.1. The topological polar surface area (TPSA) is 255 Å². The Hall–Kier alpha value is -4.45. The van der Waals surface area contributed by atoms with E-state index in [9.17, 15) is 25.3 Å². The van der Waals surface area contributed by atoms with Gasteiger partial charge in [0.1, 0.15) is 0 Å². The number of rotatable bonds is 11. The molecule has 0 radical (unpaired) electrons. The van der Waals surface area contributed by atoms with Gasteiger partial charge in [-0.3, -0.25) is 15.3 Å². The molecule has 6 aromatic rings. The van der Waals surface area contributed by atoms with Crippen molar-refractivity contribution in [1.82, 2.24) is 58.9 Å². The molecule has 2 aliphatic heterocycles. The van der Waals surface area contributed by atoms with Crippen LogP contribution in [0.4, 0.5) is 0 Å². The number of H-pyrrole nitrogens is 3. The van der Waals surface area contributed by atoms with Crippen LogP contribution in [0.1, 0.15) is 66.2 Å². The van der Waals surface area contributed by atoms with Crippen molar-refractivity contribution >= 4 is 63.2 Å². The van der Waals surface area contributed by atoms with Crippen LogP contribution in [0, 0.1) is 5.92 Å². The van der Waals surface area contributed by atoms with Gasteiger partial charge in [0.25, 0.3) is 30.1 Å². The highest BCUT2D eigenvalue weighted by molar-refractivity contribution is 7.90. The highest BCUT2D eigenvalue weighted by Crippen LogP contribution is 2.32. The molecule has 4 N–H and O–H groups in total. The number of methoxy groups -OCH3 is 1. The van der Waals surface area contributed by atoms with Crippen molar-refractivity contribution in [2.45, 2.75) is 99.4 Å². The summed E-state index contributed by atoms with van der Waals surface area (Å²) in [4.78, 5) is 12.1. The van der Waals surface area contributed by atoms with Crippen molar-refractivity contribution < 1.29 is 30.0 Å². The molecule has 6 aromatic heterocycles. The summed E-state index contributed by atoms with van der Waals surface area (Å²) in [5, 5.41) is 21.5. The minimum atomic E-state index is -3.60. The zero-order chi connectivity index (χ0) is 41.7. The van der Waals surface area contributed by atoms with Crippen LogP contribution in [0.25, 0.3) is 33.1 Å². The number of pyridine rings is 3. The van der Waals surface area contributed by atoms with Crippen LogP contribution in [-0.4, -0.2) is 124 Å². The molecule has 0 aliphatic carbocycles. The summed E-state index contributed by atoms with van der Waals surface area (Å²) in [5.41, 5.74) is 1.25. The Morgan fingerprint density at radius 3 is 1.72 bits per heavy atom. The highest BCUT2D eigenvalue weighted by atomic mass is 32.2. The Balaban J connectivity index is 0.000000147. The smallest absolute Gasteiger partial charge is 0.261 e. The molecule has 0 bridgehead atoms. The van der Waals surface area contributed by atoms with Crippen molar-refractivity contribution in [3.8, 4) is 0 Å². The van der Waals surface area contributed by atoms with Gasteiger partial charge >= 0.3 is 0 Å². The number of piperidine rings is 1. The first-order valence-electron chi connectivity index (χ1n) is 19.1. The van der Waals surface area contributed by atoms with E-state index in [4.69, 9.17) is 4.74 Å². The minimum Gasteiger partial charge on any atom is -0.383 e. The lowest BCUT2D eigenvalue weighted by Gasteiger charge is -2.37. The predicted molar refractivity (Wildman–Crippen MR) is 217 cm³/mol. The first kappa shape index (κ1) is 43.1. The minimum absolute atomic E-state index is 0.0128. The van der Waals surface area contributed by atoms with E-state index in [-0.39, 0.29) is 33.2 Å². The predicted octanol–water partition coefficient (Wildman–Crippen LogP) is 3.95. The molecule has 2 aliphatic rings. The number of aromatic amines is 3. The van der Waals surface area contributed by atoms with Crippen molar-refractivity contribution in [2.24, 2.45) is 5.92 Å². The number of nitrogens with zero attached hydrogens (tertiary/aromatic N) is 8. The lowest BCUT2D eigenvalue weighted by atomic mass is 10.0. The summed E-state index contributed by atoms with van der Waals surface area (Å²) in [6.45, 7) is 9.28. The quantitative estimate of drug-likeness (QED) is 0.144. The molecule has 2 saturated heterocycles. The van der Waals surface area contributed by atoms with Crippen molar-refractivity contribution in [3.63, 3.8) is 0 Å². The number of aromatic nitrogens is 9. The molecule has 0 saturated carbocycles. The molecular formula is C36H50N12O7S3. The highest BCUT2D eigenvalue weighted by Gasteiger charge is 2.39. The van der Waals surface area contributed by atoms with Crippen LogP contribution in [0.5, 0.6) is 0 Å². The maximum absolute atomic E-state index is 12.9. The lowest BCUT2D eigenvalue weighted by Crippen LogP contribution is -2.47. The fourth-order valence-electron chi connectivity index (χ4n) is 7.13. The Bertz CT molecular complexity index is 2640. The van der Waals surface area contributed by atoms with E-state index >= 15 is 0 Å². The Morgan fingerprint density at radius 1 is 0.741 bits per heavy atom. The van der Waals surface area contributed by atoms with E-state index in [2.05, 4.69) is 50.3 Å². The number of sulfonamides is 3. The molecular weight excluding hydrogens is 809 g/mol. The summed E-state index contributed by atoms with van der Waals surface area (Å²) in [6, 6.07) is 10.2. The Morgan fingerprint density at radius 2 is 1.22 bits per heavy atom. The van der Waals surface area contributed by atoms with Crippen molar-refractivity contribution in [2.75, 3.05) is 26.8 Å². The second-order valence-corrected chi connectivity index (χ2v) is 19.8. The maximum atomic E-state index is 12.9. The number of hydrogen-bond acceptors (Lipinski definition) is 13. The van der Waals surface area contributed by atoms with Crippen LogP contribution in [-0.2, 0) is 34.8 Å². The van der Waals surface area contributed by atoms with Crippen LogP contribution in [0.3, 0.4) is 0 Å². The molecule has 8 heterocycles. The van der Waals surface area contributed by atoms with E-state index in [1.165, 1.54) is 4.31 Å². The standard InChI is InChI=1S/C13H18N4O2S.C12H16N4O3S.C11H16N4O2S/c1-9-5-3-6-10(2)17(9)20(18,19)13-11-7-4-8-14-12(11)15-16-13;1-19-8-9-4-3-7-16(9)20(17,18)12-10-5-2-6-13-11(10)14-15-12;1-3-8(2)7-13-18(16,17)11-9-5-4-6-12-10(9)14-15-11/h4,7-10H,3,5-6H2,1-2H3,(H,14,15,16);2,5-6,9H,3-4,7-8H2,1H3,(H,13,14,15);4-6,8,13H,3,7H2,1-2H3,(H,12,14,15)/t9-,10+;9-;8-/m.10/s1. The first-order valence-corrected chi connectivity index (χ1v) is 23.5. The third-order valence-electron chi connectivity index (χ3n) is 10.4. The van der Waals surface area contributed by atoms with Crippen LogP contribution >= 0.6 is 0 Å². The van der Waals surface area contributed by atoms with Crippen LogP contribution < -0.4 is 4.72 Å². The third kappa shape index (κ3) is 9.06. The third-order valence-corrected chi connectivity index (χ3v) is 15.8. The Kier molecular flexibility index (Phi) is 13.6. The molecule has 0 unspecified atom stereocenters. The van der Waals surface area contributed by atoms with E-state index in [0.29, 0.717) is 58.7 Å². The molecule has 0 aromatic carbocycles. The molecule has 58 heavy (non-hydrogen) atoms. The summed E-state index contributed by atoms with van der Waals surface area (Å²) in [7, 11) is -9.14. The van der Waals surface area contributed by atoms with Gasteiger partial charge in [0.2, 0.25) is 0 Å². The summed E-state index contributed by atoms with van der Waals surface area (Å²) >= 11 is 0. The van der Waals surface area contributed by atoms with Crippen molar-refractivity contribution in [3.05, 3.63) is 55.0 Å². The fourth-order valence-corrected chi connectivity index (χ4v) is 12.1. The van der Waals surface area contributed by atoms with Crippen molar-refractivity contribution in [1.29, 1.82) is 0 Å². The fraction of sp³-hybridized carbons (Fsp3) is 0.500. The molecule has 0 spiro atoms. The van der Waals surface area contributed by atoms with Gasteiger partial charge in [0.15, 0.2) is 32.0 Å². The van der Waals surface area contributed by atoms with Crippen LogP contribution in [0.2, 0.25) is 0 Å². The van der Waals surface area contributed by atoms with Gasteiger partial charge in [0, 0.05) is 56.9 Å². The SMILES string of the molecule is CC[C@H](C)CNS(=O)(=O)c1[nH]nc2ncccc12.COC[C@H]1CCCN1S(=O)(=O)c1[nH]nc2ncccc12.C[C@@H]1CCC[C@H](C)N1S(=O)(=O)c1[nH]nc2ncccc12. The second kappa shape index (κ2) is 18.2. The van der Waals surface area contributed by atoms with E-state index in [1.54, 1.807) is 66.4 Å². The van der Waals surface area contributed by atoms with Gasteiger partial charge in [-0.15, -0.1) is 0 Å². The van der Waals surface area contributed by atoms with Crippen LogP contribution in [0.15, 0.2) is 70.1 Å². The van der Waals surface area contributed by atoms with Gasteiger partial charge in [-0.2, -0.15) is 23.9 Å². The summed E-state index contributed by atoms with van der Waals surface area (Å²) in [6.07, 6.45) is 10.2. The molecule has 22 heteroatoms. The zero-order valence-electron chi connectivity index (χ0n) is 33.0. The number of nitrogens with one attached hydrogen (secondary N) is 4. The second-order valence-electron chi connectivity index (χ2n) is 14.5. The zero-order valence-corrected chi connectivity index (χ0v) is 35.5. The number of ether oxygens (including phenoxy) is 1. The molecule has 4 atom stereocenters. The average Bonchev–Trinajstić information content (AvgIpc) is 4.03. The van der Waals surface area contributed by atoms with Gasteiger partial charge in [0.05, 0.1) is 22.8 Å². The van der Waals surface area contributed by atoms with E-state index in [0.717, 1.165) is 38.5 Å². The molecule has 19 nitrogen and oxygen atoms in total. The van der Waals surface area contributed by atoms with Gasteiger partial charge < -0.3 is 4.74 Å². The Labute approximate surface area is 337 Å². The monoisotopic (exact) mass is 858 g/mol. The summed E-state index contributed by atoms with van der Waals surface area (Å²) in [5.74, 6) is 0.298. The van der Waals surface area contributed by atoms with E-state index < -0.39 is 30.1 Å². The number of fused-ring (bicyclic) bond motifs is 3. The van der Waals surface area contributed by atoms with E-state index in [1.807, 2.05) is 27.7 Å². The van der Waals surface area contributed by atoms with Gasteiger partial charge in [-0.1, -0.05) is 26.7 Å². The number of hydrogen-bond donors (Lipinski definition) is 4. The molecule has 314 valence electrons. The first-order chi connectivity index (χ1) is 27.7. The van der Waals surface area contributed by atoms with Gasteiger partial charge in [-0.05, 0) is 81.8 Å². The molecule has 8 rings (SSSR count). The summed E-state index contributed by atoms with van der Waals surface area (Å²) < 4.78 is 86.4. The average molecular weight is 859 g/mol.